The van der Waals surface area contributed by atoms with Crippen molar-refractivity contribution in [1.82, 2.24) is 10.6 Å². The Morgan fingerprint density at radius 1 is 1.00 bits per heavy atom. The number of hydrogen-bond donors (Lipinski definition) is 3. The molecule has 1 aromatic heterocycles. The number of rotatable bonds is 9. The average molecular weight is 387 g/mol. The van der Waals surface area contributed by atoms with Crippen molar-refractivity contribution in [3.8, 4) is 0 Å². The average Bonchev–Trinajstić information content (AvgIpc) is 3.24. The van der Waals surface area contributed by atoms with Crippen molar-refractivity contribution < 1.29 is 28.3 Å². The van der Waals surface area contributed by atoms with Gasteiger partial charge in [-0.25, -0.2) is 4.79 Å². The monoisotopic (exact) mass is 387 g/mol. The molecule has 0 unspecified atom stereocenters. The zero-order valence-electron chi connectivity index (χ0n) is 15.3. The largest absolute Gasteiger partial charge is 0.459 e. The molecular weight excluding hydrogens is 366 g/mol. The third-order valence-corrected chi connectivity index (χ3v) is 3.49. The predicted molar refractivity (Wildman–Crippen MR) is 99.7 cm³/mol. The minimum absolute atomic E-state index is 0.0795. The Bertz CT molecular complexity index is 832. The van der Waals surface area contributed by atoms with Gasteiger partial charge in [0.05, 0.1) is 24.1 Å². The van der Waals surface area contributed by atoms with E-state index in [1.807, 2.05) is 6.92 Å². The summed E-state index contributed by atoms with van der Waals surface area (Å²) in [6, 6.07) is 9.26. The van der Waals surface area contributed by atoms with E-state index in [1.54, 1.807) is 18.2 Å². The highest BCUT2D eigenvalue weighted by atomic mass is 16.5. The Morgan fingerprint density at radius 3 is 2.50 bits per heavy atom. The van der Waals surface area contributed by atoms with Gasteiger partial charge < -0.3 is 25.1 Å². The van der Waals surface area contributed by atoms with Crippen LogP contribution in [0.1, 0.15) is 34.3 Å². The van der Waals surface area contributed by atoms with Crippen molar-refractivity contribution in [3.05, 3.63) is 54.0 Å². The third-order valence-electron chi connectivity index (χ3n) is 3.49. The molecular formula is C19H21N3O6. The molecule has 2 aromatic rings. The first kappa shape index (κ1) is 20.7. The second kappa shape index (κ2) is 10.5. The molecule has 0 aliphatic heterocycles. The van der Waals surface area contributed by atoms with E-state index in [9.17, 15) is 19.2 Å². The maximum atomic E-state index is 12.3. The second-order valence-electron chi connectivity index (χ2n) is 5.68. The van der Waals surface area contributed by atoms with E-state index >= 15 is 0 Å². The first-order valence-electron chi connectivity index (χ1n) is 8.65. The van der Waals surface area contributed by atoms with Crippen LogP contribution in [0.3, 0.4) is 0 Å². The summed E-state index contributed by atoms with van der Waals surface area (Å²) in [6.07, 6.45) is 2.14. The molecule has 9 heteroatoms. The van der Waals surface area contributed by atoms with E-state index in [4.69, 9.17) is 9.15 Å². The number of anilines is 1. The molecule has 0 saturated heterocycles. The number of nitrogens with one attached hydrogen (secondary N) is 3. The van der Waals surface area contributed by atoms with Crippen LogP contribution in [0, 0.1) is 0 Å². The van der Waals surface area contributed by atoms with Crippen LogP contribution in [0.4, 0.5) is 5.69 Å². The van der Waals surface area contributed by atoms with Crippen LogP contribution in [-0.2, 0) is 14.3 Å². The number of carbonyl (C=O) groups is 4. The molecule has 3 N–H and O–H groups in total. The Balaban J connectivity index is 1.88. The van der Waals surface area contributed by atoms with Gasteiger partial charge in [0.1, 0.15) is 0 Å². The zero-order chi connectivity index (χ0) is 20.4. The topological polar surface area (TPSA) is 127 Å². The minimum atomic E-state index is -0.791. The number of hydrogen-bond acceptors (Lipinski definition) is 6. The van der Waals surface area contributed by atoms with Gasteiger partial charge in [-0.05, 0) is 30.7 Å². The molecule has 0 atom stereocenters. The van der Waals surface area contributed by atoms with Gasteiger partial charge in [-0.3, -0.25) is 14.4 Å². The lowest BCUT2D eigenvalue weighted by atomic mass is 10.1. The molecule has 148 valence electrons. The minimum Gasteiger partial charge on any atom is -0.459 e. The highest BCUT2D eigenvalue weighted by molar-refractivity contribution is 6.06. The van der Waals surface area contributed by atoms with Gasteiger partial charge in [-0.2, -0.15) is 0 Å². The van der Waals surface area contributed by atoms with Crippen LogP contribution in [-0.4, -0.2) is 43.4 Å². The Hall–Kier alpha value is -3.62. The third kappa shape index (κ3) is 6.27. The summed E-state index contributed by atoms with van der Waals surface area (Å²) in [5, 5.41) is 7.51. The smallest absolute Gasteiger partial charge is 0.340 e. The van der Waals surface area contributed by atoms with E-state index in [-0.39, 0.29) is 29.5 Å². The SMILES string of the molecule is CCCNC(=O)CNC(=O)COC(=O)c1ccccc1NC(=O)c1ccco1. The molecule has 0 aliphatic rings. The highest BCUT2D eigenvalue weighted by Crippen LogP contribution is 2.17. The number of carbonyl (C=O) groups excluding carboxylic acids is 4. The molecule has 0 saturated carbocycles. The van der Waals surface area contributed by atoms with E-state index in [0.29, 0.717) is 6.54 Å². The fraction of sp³-hybridized carbons (Fsp3) is 0.263. The molecule has 0 radical (unpaired) electrons. The van der Waals surface area contributed by atoms with E-state index in [0.717, 1.165) is 6.42 Å². The van der Waals surface area contributed by atoms with Crippen LogP contribution in [0.2, 0.25) is 0 Å². The van der Waals surface area contributed by atoms with Crippen LogP contribution in [0.15, 0.2) is 47.1 Å². The van der Waals surface area contributed by atoms with E-state index < -0.39 is 24.4 Å². The Labute approximate surface area is 161 Å². The van der Waals surface area contributed by atoms with Crippen molar-refractivity contribution in [2.45, 2.75) is 13.3 Å². The van der Waals surface area contributed by atoms with Crippen molar-refractivity contribution in [1.29, 1.82) is 0 Å². The second-order valence-corrected chi connectivity index (χ2v) is 5.68. The molecule has 2 rings (SSSR count). The molecule has 0 aliphatic carbocycles. The lowest BCUT2D eigenvalue weighted by molar-refractivity contribution is -0.127. The van der Waals surface area contributed by atoms with Crippen molar-refractivity contribution >= 4 is 29.4 Å². The fourth-order valence-electron chi connectivity index (χ4n) is 2.13. The molecule has 1 heterocycles. The highest BCUT2D eigenvalue weighted by Gasteiger charge is 2.17. The van der Waals surface area contributed by atoms with Gasteiger partial charge in [-0.1, -0.05) is 19.1 Å². The summed E-state index contributed by atoms with van der Waals surface area (Å²) < 4.78 is 9.96. The zero-order valence-corrected chi connectivity index (χ0v) is 15.3. The number of amides is 3. The van der Waals surface area contributed by atoms with Gasteiger partial charge in [0.25, 0.3) is 11.8 Å². The molecule has 3 amide bonds. The summed E-state index contributed by atoms with van der Waals surface area (Å²) in [7, 11) is 0. The molecule has 9 nitrogen and oxygen atoms in total. The molecule has 0 bridgehead atoms. The maximum Gasteiger partial charge on any atom is 0.340 e. The quantitative estimate of drug-likeness (QED) is 0.557. The molecule has 28 heavy (non-hydrogen) atoms. The molecule has 1 aromatic carbocycles. The van der Waals surface area contributed by atoms with Gasteiger partial charge >= 0.3 is 5.97 Å². The number of ether oxygens (including phenoxy) is 1. The van der Waals surface area contributed by atoms with E-state index in [1.165, 1.54) is 24.5 Å². The van der Waals surface area contributed by atoms with Crippen LogP contribution in [0.25, 0.3) is 0 Å². The van der Waals surface area contributed by atoms with Gasteiger partial charge in [0, 0.05) is 6.54 Å². The van der Waals surface area contributed by atoms with Gasteiger partial charge in [-0.15, -0.1) is 0 Å². The van der Waals surface area contributed by atoms with Gasteiger partial charge in [0.2, 0.25) is 5.91 Å². The summed E-state index contributed by atoms with van der Waals surface area (Å²) in [6.45, 7) is 1.67. The summed E-state index contributed by atoms with van der Waals surface area (Å²) in [5.41, 5.74) is 0.296. The maximum absolute atomic E-state index is 12.3. The molecule has 0 spiro atoms. The number of para-hydroxylation sites is 1. The van der Waals surface area contributed by atoms with Crippen molar-refractivity contribution in [2.24, 2.45) is 0 Å². The summed E-state index contributed by atoms with van der Waals surface area (Å²) in [4.78, 5) is 47.5. The van der Waals surface area contributed by atoms with Crippen LogP contribution in [0.5, 0.6) is 0 Å². The fourth-order valence-corrected chi connectivity index (χ4v) is 2.13. The number of benzene rings is 1. The number of furan rings is 1. The lowest BCUT2D eigenvalue weighted by Crippen LogP contribution is -2.38. The van der Waals surface area contributed by atoms with E-state index in [2.05, 4.69) is 16.0 Å². The number of esters is 1. The van der Waals surface area contributed by atoms with Crippen LogP contribution >= 0.6 is 0 Å². The Morgan fingerprint density at radius 2 is 1.79 bits per heavy atom. The van der Waals surface area contributed by atoms with Crippen molar-refractivity contribution in [2.75, 3.05) is 25.0 Å². The standard InChI is InChI=1S/C19H21N3O6/c1-2-9-20-16(23)11-21-17(24)12-28-19(26)13-6-3-4-7-14(13)22-18(25)15-8-5-10-27-15/h3-8,10H,2,9,11-12H2,1H3,(H,20,23)(H,21,24)(H,22,25). The van der Waals surface area contributed by atoms with Crippen molar-refractivity contribution in [3.63, 3.8) is 0 Å². The Kier molecular flexibility index (Phi) is 7.77. The molecule has 0 fully saturated rings. The normalized spacial score (nSPS) is 10.0. The predicted octanol–water partition coefficient (Wildman–Crippen LogP) is 1.33. The summed E-state index contributed by atoms with van der Waals surface area (Å²) in [5.74, 6) is -2.17. The van der Waals surface area contributed by atoms with Gasteiger partial charge in [0.15, 0.2) is 12.4 Å². The first-order chi connectivity index (χ1) is 13.5. The lowest BCUT2D eigenvalue weighted by Gasteiger charge is -2.10. The first-order valence-corrected chi connectivity index (χ1v) is 8.65. The van der Waals surface area contributed by atoms with Crippen LogP contribution < -0.4 is 16.0 Å². The summed E-state index contributed by atoms with van der Waals surface area (Å²) >= 11 is 0.